The number of carbonyl (C=O) groups excluding carboxylic acids is 2. The summed E-state index contributed by atoms with van der Waals surface area (Å²) in [6, 6.07) is 7.19. The van der Waals surface area contributed by atoms with E-state index < -0.39 is 11.7 Å². The topological polar surface area (TPSA) is 68.1 Å². The Balaban J connectivity index is 0.000000427. The summed E-state index contributed by atoms with van der Waals surface area (Å²) in [4.78, 5) is 25.7. The molecule has 0 saturated carbocycles. The Hall–Kier alpha value is -3.02. The number of carbonyl (C=O) groups is 2. The predicted molar refractivity (Wildman–Crippen MR) is 121 cm³/mol. The van der Waals surface area contributed by atoms with Crippen molar-refractivity contribution in [3.63, 3.8) is 0 Å². The van der Waals surface area contributed by atoms with Crippen LogP contribution in [0.5, 0.6) is 0 Å². The molecule has 0 unspecified atom stereocenters. The van der Waals surface area contributed by atoms with Crippen LogP contribution in [0.4, 0.5) is 5.69 Å². The smallest absolute Gasteiger partial charge is 0.305 e. The number of nitrogens with zero attached hydrogens (tertiary/aromatic N) is 4. The van der Waals surface area contributed by atoms with Crippen LogP contribution in [0.15, 0.2) is 79.1 Å². The largest absolute Gasteiger partial charge is 2.00 e. The number of unbranched alkanes of at least 4 members (excludes halogenated alkanes) is 2. The fourth-order valence-electron chi connectivity index (χ4n) is 3.79. The summed E-state index contributed by atoms with van der Waals surface area (Å²) in [5, 5.41) is 8.40. The number of fused-ring (bicyclic) bond motifs is 1. The van der Waals surface area contributed by atoms with Gasteiger partial charge < -0.3 is 4.90 Å². The molecule has 6 nitrogen and oxygen atoms in total. The minimum absolute atomic E-state index is 0. The van der Waals surface area contributed by atoms with Gasteiger partial charge in [-0.3, -0.25) is 14.3 Å². The van der Waals surface area contributed by atoms with Crippen LogP contribution in [0.2, 0.25) is 0 Å². The summed E-state index contributed by atoms with van der Waals surface area (Å²) >= 11 is 0. The molecule has 0 fully saturated rings. The normalized spacial score (nSPS) is 15.8. The molecule has 0 spiro atoms. The van der Waals surface area contributed by atoms with E-state index in [0.717, 1.165) is 43.6 Å². The molecule has 3 aliphatic rings. The van der Waals surface area contributed by atoms with Gasteiger partial charge in [-0.2, -0.15) is 0 Å². The molecule has 0 saturated heterocycles. The Morgan fingerprint density at radius 3 is 2.34 bits per heavy atom. The second-order valence-corrected chi connectivity index (χ2v) is 7.66. The number of hydrogen-bond donors (Lipinski definition) is 0. The van der Waals surface area contributed by atoms with Gasteiger partial charge in [-0.1, -0.05) is 66.0 Å². The first-order valence-corrected chi connectivity index (χ1v) is 10.8. The van der Waals surface area contributed by atoms with Crippen molar-refractivity contribution in [3.8, 4) is 0 Å². The zero-order valence-electron chi connectivity index (χ0n) is 17.8. The van der Waals surface area contributed by atoms with Crippen LogP contribution in [-0.2, 0) is 28.4 Å². The molecule has 2 heterocycles. The maximum absolute atomic E-state index is 12.1. The van der Waals surface area contributed by atoms with Crippen molar-refractivity contribution in [1.82, 2.24) is 15.0 Å². The number of hydrogen-bond acceptors (Lipinski definition) is 4. The van der Waals surface area contributed by atoms with E-state index in [0.29, 0.717) is 12.1 Å². The van der Waals surface area contributed by atoms with Gasteiger partial charge in [0, 0.05) is 25.2 Å². The Bertz CT molecular complexity index is 1050. The minimum Gasteiger partial charge on any atom is -0.305 e. The Kier molecular flexibility index (Phi) is 8.54. The molecule has 0 N–H and O–H groups in total. The second kappa shape index (κ2) is 11.6. The first-order chi connectivity index (χ1) is 15.2. The zero-order chi connectivity index (χ0) is 21.5. The number of aromatic nitrogens is 3. The second-order valence-electron chi connectivity index (χ2n) is 7.66. The summed E-state index contributed by atoms with van der Waals surface area (Å²) in [6.45, 7) is 1.37. The van der Waals surface area contributed by atoms with Crippen molar-refractivity contribution < 1.29 is 26.7 Å². The molecule has 0 radical (unpaired) electrons. The van der Waals surface area contributed by atoms with E-state index in [1.54, 1.807) is 17.0 Å². The van der Waals surface area contributed by atoms with Gasteiger partial charge in [-0.05, 0) is 37.8 Å². The Morgan fingerprint density at radius 2 is 1.62 bits per heavy atom. The molecule has 7 heteroatoms. The van der Waals surface area contributed by atoms with Gasteiger partial charge in [0.15, 0.2) is 0 Å². The number of para-hydroxylation sites is 1. The van der Waals surface area contributed by atoms with Crippen LogP contribution in [0.25, 0.3) is 0 Å². The molecular formula is C25H26FeN4O2+2. The van der Waals surface area contributed by atoms with Crippen molar-refractivity contribution in [3.05, 3.63) is 90.3 Å². The number of aryl methyl sites for hydroxylation is 1. The molecular weight excluding hydrogens is 444 g/mol. The van der Waals surface area contributed by atoms with E-state index in [4.69, 9.17) is 0 Å². The molecule has 2 aromatic rings. The van der Waals surface area contributed by atoms with E-state index in [2.05, 4.69) is 46.8 Å². The Morgan fingerprint density at radius 1 is 0.906 bits per heavy atom. The van der Waals surface area contributed by atoms with Crippen molar-refractivity contribution >= 4 is 17.4 Å². The first kappa shape index (κ1) is 23.6. The van der Waals surface area contributed by atoms with Crippen LogP contribution < -0.4 is 4.90 Å². The van der Waals surface area contributed by atoms with Crippen molar-refractivity contribution in [2.24, 2.45) is 0 Å². The fourth-order valence-corrected chi connectivity index (χ4v) is 3.79. The quantitative estimate of drug-likeness (QED) is 0.342. The molecule has 1 aromatic carbocycles. The van der Waals surface area contributed by atoms with E-state index >= 15 is 0 Å². The molecule has 1 aromatic heterocycles. The van der Waals surface area contributed by atoms with E-state index in [-0.39, 0.29) is 23.0 Å². The van der Waals surface area contributed by atoms with Crippen LogP contribution >= 0.6 is 0 Å². The number of allylic oxidation sites excluding steroid dienone is 8. The molecule has 0 bridgehead atoms. The van der Waals surface area contributed by atoms with E-state index in [1.807, 2.05) is 35.2 Å². The van der Waals surface area contributed by atoms with E-state index in [1.165, 1.54) is 0 Å². The van der Waals surface area contributed by atoms with Crippen LogP contribution in [0, 0.1) is 0 Å². The third-order valence-corrected chi connectivity index (χ3v) is 5.45. The summed E-state index contributed by atoms with van der Waals surface area (Å²) in [5.41, 5.74) is 2.22. The number of amides is 1. The molecule has 1 amide bonds. The predicted octanol–water partition coefficient (Wildman–Crippen LogP) is 4.39. The number of benzene rings is 1. The standard InChI is InChI=1S/C20H20N4O2.C5H6.Fe/c25-19-16-10-4-5-11-18(16)24(20(19)26)13-7-1-6-12-23-14-17(21-22-23)15-8-2-3-9-15;1-2-4-5-3-1;/h2-5,8-11,14-15H,1,6-7,12-13H2;1-4H,5H2;/q;;+2. The van der Waals surface area contributed by atoms with Gasteiger partial charge >= 0.3 is 17.1 Å². The van der Waals surface area contributed by atoms with E-state index in [9.17, 15) is 9.59 Å². The minimum atomic E-state index is -0.412. The van der Waals surface area contributed by atoms with Crippen LogP contribution in [0.1, 0.15) is 47.7 Å². The average Bonchev–Trinajstić information content (AvgIpc) is 3.60. The molecule has 0 atom stereocenters. The SMILES string of the molecule is C1=CCC=C1.O=C1C(=O)N(CCCCCn2cc(C3C=CC=C3)nn2)c2ccccc21.[Fe+2]. The summed E-state index contributed by atoms with van der Waals surface area (Å²) < 4.78 is 1.87. The zero-order valence-corrected chi connectivity index (χ0v) is 18.9. The monoisotopic (exact) mass is 470 g/mol. The van der Waals surface area contributed by atoms with Gasteiger partial charge in [-0.15, -0.1) is 5.10 Å². The van der Waals surface area contributed by atoms with Gasteiger partial charge in [0.2, 0.25) is 0 Å². The van der Waals surface area contributed by atoms with Crippen molar-refractivity contribution in [1.29, 1.82) is 0 Å². The van der Waals surface area contributed by atoms with Crippen molar-refractivity contribution in [2.75, 3.05) is 11.4 Å². The van der Waals surface area contributed by atoms with Gasteiger partial charge in [0.1, 0.15) is 0 Å². The summed E-state index contributed by atoms with van der Waals surface area (Å²) in [6.07, 6.45) is 22.5. The maximum atomic E-state index is 12.1. The van der Waals surface area contributed by atoms with Gasteiger partial charge in [0.05, 0.1) is 16.9 Å². The third kappa shape index (κ3) is 5.61. The summed E-state index contributed by atoms with van der Waals surface area (Å²) in [7, 11) is 0. The number of rotatable bonds is 7. The van der Waals surface area contributed by atoms with Crippen molar-refractivity contribution in [2.45, 2.75) is 38.1 Å². The average molecular weight is 470 g/mol. The Labute approximate surface area is 198 Å². The van der Waals surface area contributed by atoms with Gasteiger partial charge in [0.25, 0.3) is 11.7 Å². The molecule has 1 aliphatic heterocycles. The third-order valence-electron chi connectivity index (χ3n) is 5.45. The van der Waals surface area contributed by atoms with Gasteiger partial charge in [-0.25, -0.2) is 0 Å². The van der Waals surface area contributed by atoms with Crippen LogP contribution in [0.3, 0.4) is 0 Å². The number of anilines is 1. The molecule has 5 rings (SSSR count). The molecule has 164 valence electrons. The molecule has 32 heavy (non-hydrogen) atoms. The first-order valence-electron chi connectivity index (χ1n) is 10.8. The maximum Gasteiger partial charge on any atom is 2.00 e. The fraction of sp³-hybridized carbons (Fsp3) is 0.280. The molecule has 2 aliphatic carbocycles. The summed E-state index contributed by atoms with van der Waals surface area (Å²) in [5.74, 6) is -0.571. The van der Waals surface area contributed by atoms with Crippen LogP contribution in [-0.4, -0.2) is 33.2 Å². The number of Topliss-reactive ketones (excluding diaryl/α,β-unsaturated/α-hetero) is 1. The number of ketones is 1.